The van der Waals surface area contributed by atoms with Crippen LogP contribution in [0.4, 0.5) is 0 Å². The Hall–Kier alpha value is -1.73. The fourth-order valence-corrected chi connectivity index (χ4v) is 2.45. The highest BCUT2D eigenvalue weighted by molar-refractivity contribution is 7.14. The zero-order valence-electron chi connectivity index (χ0n) is 9.96. The van der Waals surface area contributed by atoms with Crippen LogP contribution < -0.4 is 5.32 Å². The minimum atomic E-state index is -0.864. The Kier molecular flexibility index (Phi) is 4.06. The summed E-state index contributed by atoms with van der Waals surface area (Å²) in [6.07, 6.45) is 3.45. The van der Waals surface area contributed by atoms with Gasteiger partial charge in [-0.25, -0.2) is 4.79 Å². The molecule has 2 aromatic heterocycles. The normalized spacial score (nSPS) is 10.7. The van der Waals surface area contributed by atoms with Gasteiger partial charge in [-0.2, -0.15) is 0 Å². The molecule has 0 unspecified atom stereocenters. The predicted octanol–water partition coefficient (Wildman–Crippen LogP) is 1.14. The third kappa shape index (κ3) is 3.14. The Balaban J connectivity index is 1.81. The van der Waals surface area contributed by atoms with E-state index in [0.717, 1.165) is 23.5 Å². The molecular weight excluding hydrogens is 252 g/mol. The van der Waals surface area contributed by atoms with Gasteiger partial charge < -0.3 is 10.4 Å². The van der Waals surface area contributed by atoms with Crippen molar-refractivity contribution in [3.8, 4) is 0 Å². The van der Waals surface area contributed by atoms with E-state index in [2.05, 4.69) is 15.6 Å². The number of aromatic carboxylic acids is 1. The molecule has 0 aromatic carbocycles. The largest absolute Gasteiger partial charge is 0.477 e. The summed E-state index contributed by atoms with van der Waals surface area (Å²) in [7, 11) is 0. The highest BCUT2D eigenvalue weighted by atomic mass is 32.1. The second-order valence-corrected chi connectivity index (χ2v) is 5.10. The van der Waals surface area contributed by atoms with Gasteiger partial charge in [-0.05, 0) is 18.6 Å². The zero-order valence-corrected chi connectivity index (χ0v) is 10.8. The van der Waals surface area contributed by atoms with Gasteiger partial charge in [0, 0.05) is 24.2 Å². The number of thiophene rings is 1. The van der Waals surface area contributed by atoms with Crippen molar-refractivity contribution < 1.29 is 9.90 Å². The van der Waals surface area contributed by atoms with Crippen molar-refractivity contribution in [3.63, 3.8) is 0 Å². The van der Waals surface area contributed by atoms with E-state index in [9.17, 15) is 4.79 Å². The number of nitrogens with one attached hydrogen (secondary N) is 1. The van der Waals surface area contributed by atoms with E-state index in [0.29, 0.717) is 11.4 Å². The van der Waals surface area contributed by atoms with Crippen molar-refractivity contribution in [2.45, 2.75) is 20.0 Å². The lowest BCUT2D eigenvalue weighted by Crippen LogP contribution is -2.19. The molecule has 7 heteroatoms. The van der Waals surface area contributed by atoms with Gasteiger partial charge in [0.2, 0.25) is 0 Å². The highest BCUT2D eigenvalue weighted by Gasteiger charge is 2.10. The average molecular weight is 266 g/mol. The fraction of sp³-hybridized carbons (Fsp3) is 0.364. The molecule has 2 aromatic rings. The topological polar surface area (TPSA) is 80.0 Å². The van der Waals surface area contributed by atoms with Gasteiger partial charge in [-0.1, -0.05) is 5.21 Å². The van der Waals surface area contributed by atoms with Gasteiger partial charge in [0.25, 0.3) is 0 Å². The molecule has 0 amide bonds. The Morgan fingerprint density at radius 2 is 2.44 bits per heavy atom. The lowest BCUT2D eigenvalue weighted by molar-refractivity contribution is 0.0702. The molecule has 0 aliphatic rings. The minimum Gasteiger partial charge on any atom is -0.477 e. The van der Waals surface area contributed by atoms with Crippen LogP contribution in [-0.2, 0) is 13.1 Å². The molecule has 2 rings (SSSR count). The summed E-state index contributed by atoms with van der Waals surface area (Å²) in [6, 6.07) is 1.73. The summed E-state index contributed by atoms with van der Waals surface area (Å²) in [5.41, 5.74) is 1.04. The molecule has 0 fully saturated rings. The highest BCUT2D eigenvalue weighted by Crippen LogP contribution is 2.21. The van der Waals surface area contributed by atoms with E-state index < -0.39 is 5.97 Å². The third-order valence-electron chi connectivity index (χ3n) is 2.54. The van der Waals surface area contributed by atoms with Gasteiger partial charge >= 0.3 is 5.97 Å². The Morgan fingerprint density at radius 1 is 1.61 bits per heavy atom. The summed E-state index contributed by atoms with van der Waals surface area (Å²) < 4.78 is 1.75. The maximum atomic E-state index is 10.8. The van der Waals surface area contributed by atoms with Gasteiger partial charge in [-0.3, -0.25) is 4.68 Å². The third-order valence-corrected chi connectivity index (χ3v) is 3.62. The van der Waals surface area contributed by atoms with Crippen LogP contribution in [0.2, 0.25) is 0 Å². The second kappa shape index (κ2) is 5.74. The molecule has 0 atom stereocenters. The van der Waals surface area contributed by atoms with E-state index in [1.165, 1.54) is 11.3 Å². The number of hydrogen-bond acceptors (Lipinski definition) is 5. The van der Waals surface area contributed by atoms with E-state index in [1.54, 1.807) is 23.1 Å². The van der Waals surface area contributed by atoms with Crippen molar-refractivity contribution in [1.29, 1.82) is 0 Å². The summed E-state index contributed by atoms with van der Waals surface area (Å²) in [5, 5.41) is 19.7. The van der Waals surface area contributed by atoms with Crippen LogP contribution in [0.25, 0.3) is 0 Å². The summed E-state index contributed by atoms with van der Waals surface area (Å²) in [5.74, 6) is -0.864. The average Bonchev–Trinajstić information content (AvgIpc) is 2.94. The molecule has 2 heterocycles. The molecule has 6 nitrogen and oxygen atoms in total. The first-order valence-electron chi connectivity index (χ1n) is 5.54. The molecule has 0 saturated heterocycles. The number of carboxylic acid groups (broad SMARTS) is 1. The van der Waals surface area contributed by atoms with Crippen LogP contribution in [0.15, 0.2) is 18.5 Å². The van der Waals surface area contributed by atoms with E-state index in [-0.39, 0.29) is 0 Å². The summed E-state index contributed by atoms with van der Waals surface area (Å²) in [4.78, 5) is 12.3. The first kappa shape index (κ1) is 12.7. The molecule has 18 heavy (non-hydrogen) atoms. The monoisotopic (exact) mass is 266 g/mol. The Morgan fingerprint density at radius 3 is 3.06 bits per heavy atom. The van der Waals surface area contributed by atoms with Crippen LogP contribution in [-0.4, -0.2) is 32.6 Å². The van der Waals surface area contributed by atoms with Gasteiger partial charge in [0.15, 0.2) is 0 Å². The number of aryl methyl sites for hydroxylation is 1. The van der Waals surface area contributed by atoms with Crippen LogP contribution in [0.3, 0.4) is 0 Å². The second-order valence-electron chi connectivity index (χ2n) is 3.84. The number of hydrogen-bond donors (Lipinski definition) is 2. The smallest absolute Gasteiger partial charge is 0.345 e. The minimum absolute atomic E-state index is 0.389. The number of nitrogens with zero attached hydrogens (tertiary/aromatic N) is 3. The number of carboxylic acids is 1. The van der Waals surface area contributed by atoms with Crippen molar-refractivity contribution in [2.24, 2.45) is 0 Å². The van der Waals surface area contributed by atoms with E-state index >= 15 is 0 Å². The molecule has 2 N–H and O–H groups in total. The van der Waals surface area contributed by atoms with Crippen LogP contribution in [0, 0.1) is 6.92 Å². The molecule has 0 spiro atoms. The SMILES string of the molecule is Cc1sc(C(=O)O)cc1CNCCn1ccnn1. The predicted molar refractivity (Wildman–Crippen MR) is 67.7 cm³/mol. The molecule has 0 bridgehead atoms. The first-order valence-corrected chi connectivity index (χ1v) is 6.36. The number of rotatable bonds is 6. The number of aromatic nitrogens is 3. The fourth-order valence-electron chi connectivity index (χ4n) is 1.57. The number of carbonyl (C=O) groups is 1. The summed E-state index contributed by atoms with van der Waals surface area (Å²) in [6.45, 7) is 4.12. The maximum absolute atomic E-state index is 10.8. The van der Waals surface area contributed by atoms with E-state index in [4.69, 9.17) is 5.11 Å². The van der Waals surface area contributed by atoms with Crippen molar-refractivity contribution in [3.05, 3.63) is 33.8 Å². The Labute approximate surface area is 108 Å². The van der Waals surface area contributed by atoms with Gasteiger partial charge in [0.05, 0.1) is 12.7 Å². The lowest BCUT2D eigenvalue weighted by atomic mass is 10.2. The van der Waals surface area contributed by atoms with Crippen LogP contribution in [0.1, 0.15) is 20.1 Å². The Bertz CT molecular complexity index is 521. The quantitative estimate of drug-likeness (QED) is 0.766. The van der Waals surface area contributed by atoms with Crippen LogP contribution in [0.5, 0.6) is 0 Å². The first-order chi connectivity index (χ1) is 8.66. The zero-order chi connectivity index (χ0) is 13.0. The molecular formula is C11H14N4O2S. The van der Waals surface area contributed by atoms with E-state index in [1.807, 2.05) is 6.92 Å². The van der Waals surface area contributed by atoms with Crippen molar-refractivity contribution in [1.82, 2.24) is 20.3 Å². The molecule has 96 valence electrons. The molecule has 0 radical (unpaired) electrons. The maximum Gasteiger partial charge on any atom is 0.345 e. The van der Waals surface area contributed by atoms with Crippen molar-refractivity contribution >= 4 is 17.3 Å². The lowest BCUT2D eigenvalue weighted by Gasteiger charge is -2.03. The molecule has 0 saturated carbocycles. The van der Waals surface area contributed by atoms with Gasteiger partial charge in [-0.15, -0.1) is 16.4 Å². The van der Waals surface area contributed by atoms with Crippen LogP contribution >= 0.6 is 11.3 Å². The van der Waals surface area contributed by atoms with Crippen molar-refractivity contribution in [2.75, 3.05) is 6.54 Å². The molecule has 0 aliphatic carbocycles. The van der Waals surface area contributed by atoms with Gasteiger partial charge in [0.1, 0.15) is 4.88 Å². The summed E-state index contributed by atoms with van der Waals surface area (Å²) >= 11 is 1.31. The standard InChI is InChI=1S/C11H14N4O2S/c1-8-9(6-10(18-8)11(16)17)7-12-2-4-15-5-3-13-14-15/h3,5-6,12H,2,4,7H2,1H3,(H,16,17). The molecule has 0 aliphatic heterocycles.